The summed E-state index contributed by atoms with van der Waals surface area (Å²) in [6.07, 6.45) is 4.54. The number of phenolic OH excluding ortho intramolecular Hbond substituents is 1. The number of hydrogen-bond acceptors (Lipinski definition) is 5. The lowest BCUT2D eigenvalue weighted by molar-refractivity contribution is 0.474. The van der Waals surface area contributed by atoms with E-state index in [-0.39, 0.29) is 5.82 Å². The van der Waals surface area contributed by atoms with Gasteiger partial charge in [-0.25, -0.2) is 14.4 Å². The maximum atomic E-state index is 14.1. The number of phenols is 1. The second kappa shape index (κ2) is 7.18. The first-order valence-corrected chi connectivity index (χ1v) is 10.8. The van der Waals surface area contributed by atoms with Crippen molar-refractivity contribution in [2.45, 2.75) is 35.1 Å². The van der Waals surface area contributed by atoms with Crippen LogP contribution in [-0.2, 0) is 12.8 Å². The minimum atomic E-state index is -0.226. The number of hydrogen-bond donors (Lipinski definition) is 1. The molecule has 5 rings (SSSR count). The Balaban J connectivity index is 1.51. The van der Waals surface area contributed by atoms with E-state index in [1.807, 2.05) is 18.2 Å². The highest BCUT2D eigenvalue weighted by molar-refractivity contribution is 7.99. The van der Waals surface area contributed by atoms with Crippen molar-refractivity contribution in [1.82, 2.24) is 9.97 Å². The van der Waals surface area contributed by atoms with E-state index in [1.54, 1.807) is 41.9 Å². The van der Waals surface area contributed by atoms with E-state index < -0.39 is 0 Å². The number of aromatic hydroxyl groups is 1. The highest BCUT2D eigenvalue weighted by atomic mass is 32.2. The van der Waals surface area contributed by atoms with Crippen LogP contribution in [0.1, 0.15) is 28.3 Å². The predicted molar refractivity (Wildman–Crippen MR) is 111 cm³/mol. The molecule has 0 bridgehead atoms. The fraction of sp³-hybridized carbons (Fsp3) is 0.182. The Bertz CT molecular complexity index is 1160. The monoisotopic (exact) mass is 408 g/mol. The molecule has 0 amide bonds. The number of benzene rings is 2. The first kappa shape index (κ1) is 17.6. The highest BCUT2D eigenvalue weighted by Gasteiger charge is 2.26. The first-order valence-electron chi connectivity index (χ1n) is 9.15. The third-order valence-electron chi connectivity index (χ3n) is 5.22. The van der Waals surface area contributed by atoms with E-state index in [4.69, 9.17) is 0 Å². The van der Waals surface area contributed by atoms with Gasteiger partial charge in [0.1, 0.15) is 27.8 Å². The summed E-state index contributed by atoms with van der Waals surface area (Å²) >= 11 is 3.10. The average Bonchev–Trinajstić information content (AvgIpc) is 3.09. The van der Waals surface area contributed by atoms with Crippen LogP contribution < -0.4 is 0 Å². The smallest absolute Gasteiger partial charge is 0.137 e. The molecule has 0 radical (unpaired) electrons. The molecule has 0 saturated heterocycles. The zero-order valence-electron chi connectivity index (χ0n) is 14.9. The van der Waals surface area contributed by atoms with E-state index in [9.17, 15) is 9.50 Å². The van der Waals surface area contributed by atoms with Crippen LogP contribution in [0.5, 0.6) is 5.75 Å². The molecule has 1 atom stereocenters. The number of aryl methyl sites for hydroxylation is 1. The molecule has 2 aromatic heterocycles. The van der Waals surface area contributed by atoms with Gasteiger partial charge in [0.15, 0.2) is 0 Å². The fourth-order valence-electron chi connectivity index (χ4n) is 3.82. The molecule has 0 spiro atoms. The minimum absolute atomic E-state index is 0.226. The van der Waals surface area contributed by atoms with Gasteiger partial charge in [0, 0.05) is 15.2 Å². The van der Waals surface area contributed by atoms with Crippen LogP contribution >= 0.6 is 23.1 Å². The van der Waals surface area contributed by atoms with Crippen molar-refractivity contribution in [1.29, 1.82) is 0 Å². The topological polar surface area (TPSA) is 46.0 Å². The summed E-state index contributed by atoms with van der Waals surface area (Å²) in [7, 11) is 0. The molecule has 3 nitrogen and oxygen atoms in total. The third kappa shape index (κ3) is 3.16. The van der Waals surface area contributed by atoms with E-state index >= 15 is 0 Å². The van der Waals surface area contributed by atoms with Crippen LogP contribution in [0.2, 0.25) is 0 Å². The van der Waals surface area contributed by atoms with Gasteiger partial charge in [-0.1, -0.05) is 36.0 Å². The Kier molecular flexibility index (Phi) is 4.53. The van der Waals surface area contributed by atoms with E-state index in [2.05, 4.69) is 9.97 Å². The molecule has 2 heterocycles. The Morgan fingerprint density at radius 2 is 1.89 bits per heavy atom. The molecule has 2 aromatic carbocycles. The van der Waals surface area contributed by atoms with Gasteiger partial charge >= 0.3 is 0 Å². The Labute approximate surface area is 170 Å². The standard InChI is InChI=1S/C22H17FN2OS2/c23-17-3-1-2-4-18(17)27-21-20-16-10-7-14(13-5-8-15(26)9-6-13)11-19(16)28-22(20)25-12-24-21/h1-6,8-9,12,14,26H,7,10-11H2. The van der Waals surface area contributed by atoms with Gasteiger partial charge in [0.05, 0.1) is 0 Å². The Morgan fingerprint density at radius 1 is 1.07 bits per heavy atom. The molecule has 4 aromatic rings. The molecule has 28 heavy (non-hydrogen) atoms. The van der Waals surface area contributed by atoms with E-state index in [0.29, 0.717) is 16.6 Å². The zero-order chi connectivity index (χ0) is 19.1. The molecular formula is C22H17FN2OS2. The maximum Gasteiger partial charge on any atom is 0.137 e. The highest BCUT2D eigenvalue weighted by Crippen LogP contribution is 2.44. The van der Waals surface area contributed by atoms with Crippen molar-refractivity contribution in [2.24, 2.45) is 0 Å². The van der Waals surface area contributed by atoms with Crippen LogP contribution in [0, 0.1) is 5.82 Å². The summed E-state index contributed by atoms with van der Waals surface area (Å²) in [5.41, 5.74) is 2.57. The fourth-order valence-corrected chi connectivity index (χ4v) is 6.10. The molecule has 1 aliphatic rings. The average molecular weight is 409 g/mol. The number of fused-ring (bicyclic) bond motifs is 3. The summed E-state index contributed by atoms with van der Waals surface area (Å²) < 4.78 is 14.1. The van der Waals surface area contributed by atoms with Crippen molar-refractivity contribution < 1.29 is 9.50 Å². The molecule has 140 valence electrons. The van der Waals surface area contributed by atoms with Crippen molar-refractivity contribution in [3.05, 3.63) is 76.7 Å². The minimum Gasteiger partial charge on any atom is -0.508 e. The second-order valence-corrected chi connectivity index (χ2v) is 9.04. The first-order chi connectivity index (χ1) is 13.7. The van der Waals surface area contributed by atoms with Crippen LogP contribution in [-0.4, -0.2) is 15.1 Å². The van der Waals surface area contributed by atoms with Crippen LogP contribution in [0.25, 0.3) is 10.2 Å². The zero-order valence-corrected chi connectivity index (χ0v) is 16.6. The van der Waals surface area contributed by atoms with Gasteiger partial charge in [0.2, 0.25) is 0 Å². The van der Waals surface area contributed by atoms with Gasteiger partial charge in [-0.05, 0) is 60.6 Å². The molecule has 0 fully saturated rings. The maximum absolute atomic E-state index is 14.1. The number of thiophene rings is 1. The Hall–Kier alpha value is -2.44. The molecule has 1 unspecified atom stereocenters. The van der Waals surface area contributed by atoms with Crippen molar-refractivity contribution in [3.8, 4) is 5.75 Å². The van der Waals surface area contributed by atoms with Gasteiger partial charge in [0.25, 0.3) is 0 Å². The molecular weight excluding hydrogens is 391 g/mol. The van der Waals surface area contributed by atoms with E-state index in [1.165, 1.54) is 33.8 Å². The van der Waals surface area contributed by atoms with Crippen LogP contribution in [0.4, 0.5) is 4.39 Å². The quantitative estimate of drug-likeness (QED) is 0.425. The summed E-state index contributed by atoms with van der Waals surface area (Å²) in [4.78, 5) is 11.9. The molecule has 1 aliphatic carbocycles. The van der Waals surface area contributed by atoms with Gasteiger partial charge < -0.3 is 5.11 Å². The lowest BCUT2D eigenvalue weighted by atomic mass is 9.83. The van der Waals surface area contributed by atoms with Crippen LogP contribution in [0.15, 0.2) is 64.8 Å². The van der Waals surface area contributed by atoms with Gasteiger partial charge in [-0.3, -0.25) is 0 Å². The lowest BCUT2D eigenvalue weighted by Crippen LogP contribution is -2.10. The third-order valence-corrected chi connectivity index (χ3v) is 7.43. The van der Waals surface area contributed by atoms with Crippen LogP contribution in [0.3, 0.4) is 0 Å². The number of rotatable bonds is 3. The number of halogens is 1. The number of aromatic nitrogens is 2. The summed E-state index contributed by atoms with van der Waals surface area (Å²) in [6, 6.07) is 14.3. The largest absolute Gasteiger partial charge is 0.508 e. The summed E-state index contributed by atoms with van der Waals surface area (Å²) in [6.45, 7) is 0. The van der Waals surface area contributed by atoms with E-state index in [0.717, 1.165) is 34.5 Å². The Morgan fingerprint density at radius 3 is 2.71 bits per heavy atom. The lowest BCUT2D eigenvalue weighted by Gasteiger charge is -2.22. The van der Waals surface area contributed by atoms with Gasteiger partial charge in [-0.2, -0.15) is 0 Å². The predicted octanol–water partition coefficient (Wildman–Crippen LogP) is 5.96. The summed E-state index contributed by atoms with van der Waals surface area (Å²) in [5.74, 6) is 0.514. The van der Waals surface area contributed by atoms with Crippen molar-refractivity contribution in [2.75, 3.05) is 0 Å². The van der Waals surface area contributed by atoms with Gasteiger partial charge in [-0.15, -0.1) is 11.3 Å². The second-order valence-electron chi connectivity index (χ2n) is 6.93. The molecule has 0 saturated carbocycles. The molecule has 1 N–H and O–H groups in total. The number of nitrogens with zero attached hydrogens (tertiary/aromatic N) is 2. The SMILES string of the molecule is Oc1ccc(C2CCc3c(sc4ncnc(Sc5ccccc5F)c34)C2)cc1. The normalized spacial score (nSPS) is 16.2. The summed E-state index contributed by atoms with van der Waals surface area (Å²) in [5, 5.41) is 11.4. The molecule has 6 heteroatoms. The molecule has 0 aliphatic heterocycles. The van der Waals surface area contributed by atoms with Crippen molar-refractivity contribution >= 4 is 33.3 Å². The van der Waals surface area contributed by atoms with Crippen molar-refractivity contribution in [3.63, 3.8) is 0 Å².